The lowest BCUT2D eigenvalue weighted by Crippen LogP contribution is -2.44. The summed E-state index contributed by atoms with van der Waals surface area (Å²) >= 11 is 0. The second-order valence-corrected chi connectivity index (χ2v) is 6.63. The van der Waals surface area contributed by atoms with Crippen molar-refractivity contribution in [1.29, 1.82) is 0 Å². The minimum Gasteiger partial charge on any atom is -0.480 e. The number of aryl methyl sites for hydroxylation is 2. The first-order valence-electron chi connectivity index (χ1n) is 5.97. The molecule has 5 nitrogen and oxygen atoms in total. The zero-order valence-electron chi connectivity index (χ0n) is 11.5. The van der Waals surface area contributed by atoms with Gasteiger partial charge in [-0.05, 0) is 31.4 Å². The molecule has 0 radical (unpaired) electrons. The molecule has 0 heterocycles. The molecule has 1 atom stereocenters. The summed E-state index contributed by atoms with van der Waals surface area (Å²) in [6, 6.07) is 3.80. The lowest BCUT2D eigenvalue weighted by atomic mass is 10.1. The van der Waals surface area contributed by atoms with Crippen LogP contribution in [0.5, 0.6) is 0 Å². The molecule has 0 saturated carbocycles. The van der Waals surface area contributed by atoms with E-state index in [0.717, 1.165) is 5.56 Å². The van der Waals surface area contributed by atoms with E-state index in [9.17, 15) is 13.2 Å². The first-order valence-corrected chi connectivity index (χ1v) is 7.46. The number of nitrogens with one attached hydrogen (secondary N) is 1. The quantitative estimate of drug-likeness (QED) is 0.862. The molecule has 1 aromatic carbocycles. The Morgan fingerprint density at radius 3 is 2.26 bits per heavy atom. The maximum atomic E-state index is 12.2. The molecule has 0 aliphatic heterocycles. The Morgan fingerprint density at radius 1 is 1.26 bits per heavy atom. The van der Waals surface area contributed by atoms with Crippen molar-refractivity contribution in [2.75, 3.05) is 0 Å². The lowest BCUT2D eigenvalue weighted by Gasteiger charge is -2.18. The molecule has 19 heavy (non-hydrogen) atoms. The van der Waals surface area contributed by atoms with Gasteiger partial charge in [0, 0.05) is 0 Å². The SMILES string of the molecule is Cc1ccc(S(=O)(=O)N[C@H](C(=O)O)C(C)C)c(C)c1. The number of benzene rings is 1. The molecule has 0 saturated heterocycles. The summed E-state index contributed by atoms with van der Waals surface area (Å²) in [7, 11) is -3.83. The van der Waals surface area contributed by atoms with Crippen molar-refractivity contribution in [1.82, 2.24) is 4.72 Å². The Balaban J connectivity index is 3.14. The van der Waals surface area contributed by atoms with E-state index < -0.39 is 22.0 Å². The highest BCUT2D eigenvalue weighted by atomic mass is 32.2. The van der Waals surface area contributed by atoms with Crippen LogP contribution in [0.1, 0.15) is 25.0 Å². The molecule has 1 aromatic rings. The highest BCUT2D eigenvalue weighted by Gasteiger charge is 2.28. The molecule has 2 N–H and O–H groups in total. The summed E-state index contributed by atoms with van der Waals surface area (Å²) < 4.78 is 26.7. The predicted molar refractivity (Wildman–Crippen MR) is 72.5 cm³/mol. The monoisotopic (exact) mass is 285 g/mol. The van der Waals surface area contributed by atoms with E-state index in [1.165, 1.54) is 6.07 Å². The minimum atomic E-state index is -3.83. The molecule has 1 rings (SSSR count). The van der Waals surface area contributed by atoms with Crippen LogP contribution in [0.2, 0.25) is 0 Å². The van der Waals surface area contributed by atoms with Crippen molar-refractivity contribution in [3.05, 3.63) is 29.3 Å². The van der Waals surface area contributed by atoms with E-state index >= 15 is 0 Å². The summed E-state index contributed by atoms with van der Waals surface area (Å²) in [6.45, 7) is 6.87. The predicted octanol–water partition coefficient (Wildman–Crippen LogP) is 1.69. The maximum absolute atomic E-state index is 12.2. The number of hydrogen-bond acceptors (Lipinski definition) is 3. The largest absolute Gasteiger partial charge is 0.480 e. The van der Waals surface area contributed by atoms with Crippen LogP contribution < -0.4 is 4.72 Å². The van der Waals surface area contributed by atoms with E-state index in [1.54, 1.807) is 32.9 Å². The Kier molecular flexibility index (Phi) is 4.70. The van der Waals surface area contributed by atoms with E-state index in [-0.39, 0.29) is 10.8 Å². The van der Waals surface area contributed by atoms with Crippen molar-refractivity contribution in [3.63, 3.8) is 0 Å². The highest BCUT2D eigenvalue weighted by molar-refractivity contribution is 7.89. The zero-order valence-corrected chi connectivity index (χ0v) is 12.3. The normalized spacial score (nSPS) is 13.5. The number of hydrogen-bond donors (Lipinski definition) is 2. The molecule has 0 spiro atoms. The van der Waals surface area contributed by atoms with E-state index in [1.807, 2.05) is 6.92 Å². The van der Waals surface area contributed by atoms with Gasteiger partial charge in [-0.3, -0.25) is 4.79 Å². The van der Waals surface area contributed by atoms with Crippen LogP contribution in [0.15, 0.2) is 23.1 Å². The number of sulfonamides is 1. The molecule has 106 valence electrons. The topological polar surface area (TPSA) is 83.5 Å². The van der Waals surface area contributed by atoms with E-state index in [2.05, 4.69) is 4.72 Å². The van der Waals surface area contributed by atoms with Gasteiger partial charge in [0.05, 0.1) is 4.90 Å². The Morgan fingerprint density at radius 2 is 1.84 bits per heavy atom. The molecule has 0 aliphatic rings. The average Bonchev–Trinajstić information content (AvgIpc) is 2.24. The van der Waals surface area contributed by atoms with Gasteiger partial charge < -0.3 is 5.11 Å². The zero-order chi connectivity index (χ0) is 14.8. The van der Waals surface area contributed by atoms with Gasteiger partial charge in [0.2, 0.25) is 10.0 Å². The van der Waals surface area contributed by atoms with Crippen molar-refractivity contribution >= 4 is 16.0 Å². The first-order chi connectivity index (χ1) is 8.65. The van der Waals surface area contributed by atoms with Gasteiger partial charge in [0.1, 0.15) is 6.04 Å². The smallest absolute Gasteiger partial charge is 0.322 e. The minimum absolute atomic E-state index is 0.116. The molecule has 0 aliphatic carbocycles. The Labute approximate surface area is 113 Å². The van der Waals surface area contributed by atoms with Crippen LogP contribution in [0.25, 0.3) is 0 Å². The van der Waals surface area contributed by atoms with Crippen LogP contribution >= 0.6 is 0 Å². The van der Waals surface area contributed by atoms with Crippen molar-refractivity contribution < 1.29 is 18.3 Å². The maximum Gasteiger partial charge on any atom is 0.322 e. The van der Waals surface area contributed by atoms with Crippen LogP contribution in [-0.2, 0) is 14.8 Å². The van der Waals surface area contributed by atoms with Gasteiger partial charge >= 0.3 is 5.97 Å². The third-order valence-corrected chi connectivity index (χ3v) is 4.44. The first kappa shape index (κ1) is 15.7. The van der Waals surface area contributed by atoms with Gasteiger partial charge in [0.15, 0.2) is 0 Å². The van der Waals surface area contributed by atoms with E-state index in [0.29, 0.717) is 5.56 Å². The molecule has 0 aromatic heterocycles. The molecular formula is C13H19NO4S. The molecule has 0 fully saturated rings. The molecular weight excluding hydrogens is 266 g/mol. The summed E-state index contributed by atoms with van der Waals surface area (Å²) in [5, 5.41) is 9.04. The standard InChI is InChI=1S/C13H19NO4S/c1-8(2)12(13(15)16)14-19(17,18)11-6-5-9(3)7-10(11)4/h5-8,12,14H,1-4H3,(H,15,16)/t12-/m0/s1. The second kappa shape index (κ2) is 5.71. The van der Waals surface area contributed by atoms with Gasteiger partial charge in [-0.2, -0.15) is 4.72 Å². The van der Waals surface area contributed by atoms with Gasteiger partial charge in [-0.15, -0.1) is 0 Å². The van der Waals surface area contributed by atoms with Crippen LogP contribution in [0.3, 0.4) is 0 Å². The molecule has 0 unspecified atom stereocenters. The fraction of sp³-hybridized carbons (Fsp3) is 0.462. The Bertz CT molecular complexity index is 578. The summed E-state index contributed by atoms with van der Waals surface area (Å²) in [5.74, 6) is -1.51. The third kappa shape index (κ3) is 3.78. The molecule has 0 amide bonds. The number of aliphatic carboxylic acids is 1. The van der Waals surface area contributed by atoms with Crippen LogP contribution in [-0.4, -0.2) is 25.5 Å². The average molecular weight is 285 g/mol. The number of carbonyl (C=O) groups is 1. The summed E-state index contributed by atoms with van der Waals surface area (Å²) in [5.41, 5.74) is 1.55. The number of carboxylic acid groups (broad SMARTS) is 1. The van der Waals surface area contributed by atoms with E-state index in [4.69, 9.17) is 5.11 Å². The number of rotatable bonds is 5. The van der Waals surface area contributed by atoms with Gasteiger partial charge in [-0.25, -0.2) is 8.42 Å². The van der Waals surface area contributed by atoms with Crippen LogP contribution in [0.4, 0.5) is 0 Å². The molecule has 6 heteroatoms. The van der Waals surface area contributed by atoms with Gasteiger partial charge in [-0.1, -0.05) is 31.5 Å². The van der Waals surface area contributed by atoms with Crippen molar-refractivity contribution in [3.8, 4) is 0 Å². The molecule has 0 bridgehead atoms. The van der Waals surface area contributed by atoms with Crippen molar-refractivity contribution in [2.24, 2.45) is 5.92 Å². The fourth-order valence-corrected chi connectivity index (χ4v) is 3.37. The summed E-state index contributed by atoms with van der Waals surface area (Å²) in [6.07, 6.45) is 0. The van der Waals surface area contributed by atoms with Gasteiger partial charge in [0.25, 0.3) is 0 Å². The van der Waals surface area contributed by atoms with Crippen molar-refractivity contribution in [2.45, 2.75) is 38.6 Å². The highest BCUT2D eigenvalue weighted by Crippen LogP contribution is 2.17. The lowest BCUT2D eigenvalue weighted by molar-refractivity contribution is -0.140. The second-order valence-electron chi connectivity index (χ2n) is 4.95. The third-order valence-electron chi connectivity index (χ3n) is 2.83. The Hall–Kier alpha value is -1.40. The van der Waals surface area contributed by atoms with Crippen LogP contribution in [0, 0.1) is 19.8 Å². The summed E-state index contributed by atoms with van der Waals surface area (Å²) in [4.78, 5) is 11.2. The number of carboxylic acids is 1. The fourth-order valence-electron chi connectivity index (χ4n) is 1.80.